The predicted molar refractivity (Wildman–Crippen MR) is 105 cm³/mol. The molecule has 0 saturated heterocycles. The average molecular weight is 347 g/mol. The summed E-state index contributed by atoms with van der Waals surface area (Å²) in [4.78, 5) is 12.1. The summed E-state index contributed by atoms with van der Waals surface area (Å²) in [6, 6.07) is 19.2. The van der Waals surface area contributed by atoms with Gasteiger partial charge in [-0.25, -0.2) is 4.39 Å². The number of nitrogens with one attached hydrogen (secondary N) is 1. The second kappa shape index (κ2) is 7.53. The fourth-order valence-corrected chi connectivity index (χ4v) is 2.49. The van der Waals surface area contributed by atoms with Crippen molar-refractivity contribution in [2.24, 2.45) is 0 Å². The normalized spacial score (nSPS) is 10.8. The molecule has 1 amide bonds. The second-order valence-corrected chi connectivity index (χ2v) is 5.77. The van der Waals surface area contributed by atoms with Gasteiger partial charge in [0.25, 0.3) is 0 Å². The molecule has 0 bridgehead atoms. The first-order valence-electron chi connectivity index (χ1n) is 8.02. The zero-order valence-electron chi connectivity index (χ0n) is 13.9. The molecule has 0 aliphatic heterocycles. The van der Waals surface area contributed by atoms with Crippen LogP contribution in [-0.2, 0) is 4.79 Å². The maximum atomic E-state index is 13.7. The molecule has 0 fully saturated rings. The minimum Gasteiger partial charge on any atom is -0.397 e. The van der Waals surface area contributed by atoms with Crippen molar-refractivity contribution in [1.82, 2.24) is 0 Å². The number of amides is 1. The van der Waals surface area contributed by atoms with Crippen LogP contribution in [0.2, 0.25) is 0 Å². The van der Waals surface area contributed by atoms with Crippen LogP contribution < -0.4 is 16.8 Å². The summed E-state index contributed by atoms with van der Waals surface area (Å²) in [6.45, 7) is 0. The quantitative estimate of drug-likeness (QED) is 0.486. The summed E-state index contributed by atoms with van der Waals surface area (Å²) in [5.74, 6) is -0.741. The van der Waals surface area contributed by atoms with Gasteiger partial charge in [-0.05, 0) is 53.1 Å². The van der Waals surface area contributed by atoms with Gasteiger partial charge in [0.1, 0.15) is 5.82 Å². The third-order valence-electron chi connectivity index (χ3n) is 3.87. The molecule has 0 heterocycles. The highest BCUT2D eigenvalue weighted by Crippen LogP contribution is 2.24. The van der Waals surface area contributed by atoms with Gasteiger partial charge in [-0.15, -0.1) is 0 Å². The van der Waals surface area contributed by atoms with E-state index >= 15 is 0 Å². The van der Waals surface area contributed by atoms with E-state index in [-0.39, 0.29) is 11.6 Å². The lowest BCUT2D eigenvalue weighted by atomic mass is 10.0. The van der Waals surface area contributed by atoms with Crippen LogP contribution in [0.15, 0.2) is 72.8 Å². The van der Waals surface area contributed by atoms with E-state index in [1.165, 1.54) is 18.2 Å². The first kappa shape index (κ1) is 17.2. The number of nitrogens with two attached hydrogens (primary N) is 2. The average Bonchev–Trinajstić information content (AvgIpc) is 2.64. The number of rotatable bonds is 4. The van der Waals surface area contributed by atoms with Gasteiger partial charge < -0.3 is 16.8 Å². The van der Waals surface area contributed by atoms with Crippen molar-refractivity contribution in [2.75, 3.05) is 16.8 Å². The molecule has 0 radical (unpaired) electrons. The molecular formula is C21H18FN3O. The Kier molecular flexibility index (Phi) is 4.99. The highest BCUT2D eigenvalue weighted by molar-refractivity contribution is 6.03. The van der Waals surface area contributed by atoms with Crippen LogP contribution >= 0.6 is 0 Å². The Labute approximate surface area is 151 Å². The van der Waals surface area contributed by atoms with Crippen molar-refractivity contribution in [3.63, 3.8) is 0 Å². The molecule has 0 aliphatic carbocycles. The number of para-hydroxylation sites is 2. The standard InChI is InChI=1S/C21H18FN3O/c22-17-13-16(9-10-18(17)23)15-5-3-4-14(12-15)8-11-21(26)25-20-7-2-1-6-19(20)24/h1-13H,23-24H2,(H,25,26)/b11-8+. The number of anilines is 3. The highest BCUT2D eigenvalue weighted by Gasteiger charge is 2.04. The molecule has 0 aromatic heterocycles. The van der Waals surface area contributed by atoms with Crippen molar-refractivity contribution in [3.05, 3.63) is 84.2 Å². The molecule has 5 N–H and O–H groups in total. The lowest BCUT2D eigenvalue weighted by Gasteiger charge is -2.06. The van der Waals surface area contributed by atoms with Gasteiger partial charge >= 0.3 is 0 Å². The molecule has 5 heteroatoms. The maximum Gasteiger partial charge on any atom is 0.248 e. The van der Waals surface area contributed by atoms with E-state index in [2.05, 4.69) is 5.32 Å². The van der Waals surface area contributed by atoms with Gasteiger partial charge in [0.2, 0.25) is 5.91 Å². The van der Waals surface area contributed by atoms with Gasteiger partial charge in [0, 0.05) is 6.08 Å². The third-order valence-corrected chi connectivity index (χ3v) is 3.87. The summed E-state index contributed by atoms with van der Waals surface area (Å²) >= 11 is 0. The van der Waals surface area contributed by atoms with Gasteiger partial charge in [-0.1, -0.05) is 36.4 Å². The Morgan fingerprint density at radius 1 is 0.885 bits per heavy atom. The molecule has 3 rings (SSSR count). The summed E-state index contributed by atoms with van der Waals surface area (Å²) in [7, 11) is 0. The van der Waals surface area contributed by atoms with E-state index in [9.17, 15) is 9.18 Å². The fourth-order valence-electron chi connectivity index (χ4n) is 2.49. The molecule has 0 aliphatic rings. The minimum absolute atomic E-state index is 0.113. The molecule has 0 atom stereocenters. The molecular weight excluding hydrogens is 329 g/mol. The zero-order valence-corrected chi connectivity index (χ0v) is 13.9. The van der Waals surface area contributed by atoms with Crippen LogP contribution in [-0.4, -0.2) is 5.91 Å². The number of halogens is 1. The lowest BCUT2D eigenvalue weighted by Crippen LogP contribution is -2.09. The number of hydrogen-bond acceptors (Lipinski definition) is 3. The van der Waals surface area contributed by atoms with E-state index in [4.69, 9.17) is 11.5 Å². The van der Waals surface area contributed by atoms with Crippen LogP contribution in [0, 0.1) is 5.82 Å². The zero-order chi connectivity index (χ0) is 18.5. The fraction of sp³-hybridized carbons (Fsp3) is 0. The van der Waals surface area contributed by atoms with E-state index in [1.54, 1.807) is 36.4 Å². The number of carbonyl (C=O) groups excluding carboxylic acids is 1. The molecule has 0 spiro atoms. The number of hydrogen-bond donors (Lipinski definition) is 3. The highest BCUT2D eigenvalue weighted by atomic mass is 19.1. The van der Waals surface area contributed by atoms with E-state index in [1.807, 2.05) is 24.3 Å². The Hall–Kier alpha value is -3.60. The Balaban J connectivity index is 1.76. The molecule has 0 unspecified atom stereocenters. The largest absolute Gasteiger partial charge is 0.397 e. The van der Waals surface area contributed by atoms with Gasteiger partial charge in [0.15, 0.2) is 0 Å². The molecule has 0 saturated carbocycles. The maximum absolute atomic E-state index is 13.7. The summed E-state index contributed by atoms with van der Waals surface area (Å²) in [6.07, 6.45) is 3.11. The Bertz CT molecular complexity index is 982. The molecule has 3 aromatic carbocycles. The Morgan fingerprint density at radius 2 is 1.65 bits per heavy atom. The van der Waals surface area contributed by atoms with Crippen molar-refractivity contribution in [2.45, 2.75) is 0 Å². The smallest absolute Gasteiger partial charge is 0.248 e. The van der Waals surface area contributed by atoms with Gasteiger partial charge in [-0.3, -0.25) is 4.79 Å². The van der Waals surface area contributed by atoms with E-state index in [0.717, 1.165) is 11.1 Å². The number of carbonyl (C=O) groups is 1. The molecule has 3 aromatic rings. The lowest BCUT2D eigenvalue weighted by molar-refractivity contribution is -0.111. The van der Waals surface area contributed by atoms with Crippen molar-refractivity contribution < 1.29 is 9.18 Å². The minimum atomic E-state index is -0.455. The van der Waals surface area contributed by atoms with Crippen molar-refractivity contribution in [3.8, 4) is 11.1 Å². The number of benzene rings is 3. The van der Waals surface area contributed by atoms with Gasteiger partial charge in [-0.2, -0.15) is 0 Å². The van der Waals surface area contributed by atoms with Crippen molar-refractivity contribution in [1.29, 1.82) is 0 Å². The SMILES string of the molecule is Nc1ccc(-c2cccc(/C=C/C(=O)Nc3ccccc3N)c2)cc1F. The van der Waals surface area contributed by atoms with E-state index in [0.29, 0.717) is 16.9 Å². The number of nitrogen functional groups attached to an aromatic ring is 2. The first-order valence-corrected chi connectivity index (χ1v) is 8.02. The Morgan fingerprint density at radius 3 is 2.42 bits per heavy atom. The molecule has 4 nitrogen and oxygen atoms in total. The summed E-state index contributed by atoms with van der Waals surface area (Å²) in [5.41, 5.74) is 14.9. The first-order chi connectivity index (χ1) is 12.5. The molecule has 26 heavy (non-hydrogen) atoms. The van der Waals surface area contributed by atoms with Crippen LogP contribution in [0.1, 0.15) is 5.56 Å². The van der Waals surface area contributed by atoms with Crippen LogP contribution in [0.5, 0.6) is 0 Å². The summed E-state index contributed by atoms with van der Waals surface area (Å²) in [5, 5.41) is 2.73. The molecule has 130 valence electrons. The third kappa shape index (κ3) is 4.08. The summed E-state index contributed by atoms with van der Waals surface area (Å²) < 4.78 is 13.7. The second-order valence-electron chi connectivity index (χ2n) is 5.77. The van der Waals surface area contributed by atoms with Crippen LogP contribution in [0.25, 0.3) is 17.2 Å². The van der Waals surface area contributed by atoms with Crippen molar-refractivity contribution >= 4 is 29.0 Å². The topological polar surface area (TPSA) is 81.1 Å². The van der Waals surface area contributed by atoms with Gasteiger partial charge in [0.05, 0.1) is 17.1 Å². The van der Waals surface area contributed by atoms with Crippen LogP contribution in [0.4, 0.5) is 21.5 Å². The van der Waals surface area contributed by atoms with E-state index < -0.39 is 5.82 Å². The monoisotopic (exact) mass is 347 g/mol. The predicted octanol–water partition coefficient (Wildman–Crippen LogP) is 4.31. The van der Waals surface area contributed by atoms with Crippen LogP contribution in [0.3, 0.4) is 0 Å².